The minimum atomic E-state index is -0.865. The Labute approximate surface area is 115 Å². The number of nitrogens with zero attached hydrogens (tertiary/aromatic N) is 2. The third-order valence-corrected chi connectivity index (χ3v) is 3.35. The van der Waals surface area contributed by atoms with Crippen molar-refractivity contribution in [3.05, 3.63) is 54.6 Å². The maximum absolute atomic E-state index is 10.6. The fourth-order valence-corrected chi connectivity index (χ4v) is 2.13. The second kappa shape index (κ2) is 4.82. The highest BCUT2D eigenvalue weighted by molar-refractivity contribution is 5.20. The Hall–Kier alpha value is -1.61. The molecule has 1 N–H and O–H groups in total. The first-order valence-corrected chi connectivity index (χ1v) is 6.64. The van der Waals surface area contributed by atoms with Gasteiger partial charge in [0, 0.05) is 0 Å². The summed E-state index contributed by atoms with van der Waals surface area (Å²) in [6, 6.07) is 9.79. The lowest BCUT2D eigenvalue weighted by molar-refractivity contribution is -0.711. The summed E-state index contributed by atoms with van der Waals surface area (Å²) in [6.45, 7) is 8.87. The molecular weight excluding hydrogens is 236 g/mol. The number of aromatic nitrogens is 2. The molecule has 2 rings (SSSR count). The smallest absolute Gasteiger partial charge is 0.244 e. The zero-order valence-corrected chi connectivity index (χ0v) is 12.2. The minimum absolute atomic E-state index is 0.0594. The van der Waals surface area contributed by atoms with Crippen LogP contribution in [0.1, 0.15) is 33.3 Å². The van der Waals surface area contributed by atoms with E-state index in [1.807, 2.05) is 60.5 Å². The summed E-state index contributed by atoms with van der Waals surface area (Å²) in [6.07, 6.45) is 6.08. The molecule has 0 spiro atoms. The molecule has 1 aromatic carbocycles. The quantitative estimate of drug-likeness (QED) is 0.843. The van der Waals surface area contributed by atoms with Gasteiger partial charge in [0.2, 0.25) is 6.33 Å². The van der Waals surface area contributed by atoms with Gasteiger partial charge in [-0.3, -0.25) is 0 Å². The van der Waals surface area contributed by atoms with E-state index in [-0.39, 0.29) is 5.54 Å². The predicted octanol–water partition coefficient (Wildman–Crippen LogP) is 2.44. The van der Waals surface area contributed by atoms with Crippen LogP contribution in [0.4, 0.5) is 0 Å². The highest BCUT2D eigenvalue weighted by atomic mass is 16.3. The summed E-state index contributed by atoms with van der Waals surface area (Å²) < 4.78 is 4.17. The molecule has 0 saturated carbocycles. The average molecular weight is 259 g/mol. The predicted molar refractivity (Wildman–Crippen MR) is 75.6 cm³/mol. The topological polar surface area (TPSA) is 29.0 Å². The molecule has 0 aliphatic rings. The van der Waals surface area contributed by atoms with E-state index in [1.165, 1.54) is 0 Å². The van der Waals surface area contributed by atoms with Gasteiger partial charge in [-0.05, 0) is 33.3 Å². The number of imidazole rings is 1. The third kappa shape index (κ3) is 3.24. The minimum Gasteiger partial charge on any atom is -0.381 e. The van der Waals surface area contributed by atoms with Crippen molar-refractivity contribution in [2.45, 2.75) is 45.4 Å². The fraction of sp³-hybridized carbons (Fsp3) is 0.438. The van der Waals surface area contributed by atoms with E-state index in [1.54, 1.807) is 0 Å². The number of benzene rings is 1. The Morgan fingerprint density at radius 3 is 2.26 bits per heavy atom. The molecule has 0 amide bonds. The summed E-state index contributed by atoms with van der Waals surface area (Å²) >= 11 is 0. The molecule has 0 radical (unpaired) electrons. The van der Waals surface area contributed by atoms with Gasteiger partial charge in [0.25, 0.3) is 0 Å². The highest BCUT2D eigenvalue weighted by Crippen LogP contribution is 2.20. The molecule has 0 aliphatic carbocycles. The third-order valence-electron chi connectivity index (χ3n) is 3.35. The van der Waals surface area contributed by atoms with Crippen LogP contribution in [0, 0.1) is 0 Å². The van der Waals surface area contributed by atoms with E-state index in [4.69, 9.17) is 0 Å². The van der Waals surface area contributed by atoms with Gasteiger partial charge < -0.3 is 5.11 Å². The Morgan fingerprint density at radius 2 is 1.74 bits per heavy atom. The number of aliphatic hydroxyl groups is 1. The largest absolute Gasteiger partial charge is 0.381 e. The number of hydrogen-bond donors (Lipinski definition) is 1. The van der Waals surface area contributed by atoms with Crippen molar-refractivity contribution in [2.24, 2.45) is 0 Å². The molecule has 3 heteroatoms. The lowest BCUT2D eigenvalue weighted by Gasteiger charge is -2.21. The Balaban J connectivity index is 2.19. The molecule has 19 heavy (non-hydrogen) atoms. The zero-order chi connectivity index (χ0) is 14.1. The van der Waals surface area contributed by atoms with Crippen molar-refractivity contribution in [1.82, 2.24) is 4.57 Å². The molecule has 2 aromatic rings. The van der Waals surface area contributed by atoms with Gasteiger partial charge in [-0.25, -0.2) is 9.13 Å². The van der Waals surface area contributed by atoms with E-state index < -0.39 is 5.60 Å². The zero-order valence-electron chi connectivity index (χ0n) is 12.2. The van der Waals surface area contributed by atoms with Crippen molar-refractivity contribution < 1.29 is 9.67 Å². The average Bonchev–Trinajstić information content (AvgIpc) is 2.78. The lowest BCUT2D eigenvalue weighted by Crippen LogP contribution is -2.43. The SMILES string of the molecule is CC(C)(C)n1cc[n+](C[C@@](C)(O)c2ccccc2)c1. The van der Waals surface area contributed by atoms with Crippen LogP contribution in [0.5, 0.6) is 0 Å². The second-order valence-corrected chi connectivity index (χ2v) is 6.30. The molecule has 1 heterocycles. The molecule has 0 fully saturated rings. The van der Waals surface area contributed by atoms with Gasteiger partial charge in [0.05, 0.1) is 0 Å². The van der Waals surface area contributed by atoms with Gasteiger partial charge in [-0.1, -0.05) is 30.3 Å². The lowest BCUT2D eigenvalue weighted by atomic mass is 9.96. The van der Waals surface area contributed by atoms with E-state index in [2.05, 4.69) is 25.3 Å². The maximum atomic E-state index is 10.6. The summed E-state index contributed by atoms with van der Waals surface area (Å²) in [7, 11) is 0. The first kappa shape index (κ1) is 13.8. The maximum Gasteiger partial charge on any atom is 0.244 e. The van der Waals surface area contributed by atoms with E-state index in [0.717, 1.165) is 5.56 Å². The van der Waals surface area contributed by atoms with Crippen molar-refractivity contribution >= 4 is 0 Å². The van der Waals surface area contributed by atoms with E-state index in [0.29, 0.717) is 6.54 Å². The van der Waals surface area contributed by atoms with Gasteiger partial charge in [0.1, 0.15) is 30.1 Å². The molecule has 3 nitrogen and oxygen atoms in total. The standard InChI is InChI=1S/C16H23N2O/c1-15(2,3)18-11-10-17(13-18)12-16(4,19)14-8-6-5-7-9-14/h5-11,13,19H,12H2,1-4H3/q+1/t16-/m1/s1. The van der Waals surface area contributed by atoms with Crippen LogP contribution in [0.15, 0.2) is 49.1 Å². The Morgan fingerprint density at radius 1 is 1.11 bits per heavy atom. The molecule has 0 bridgehead atoms. The molecule has 1 atom stereocenters. The molecule has 0 unspecified atom stereocenters. The second-order valence-electron chi connectivity index (χ2n) is 6.30. The molecule has 0 aliphatic heterocycles. The molecule has 102 valence electrons. The molecule has 0 saturated heterocycles. The fourth-order valence-electron chi connectivity index (χ4n) is 2.13. The van der Waals surface area contributed by atoms with Crippen LogP contribution in [-0.4, -0.2) is 9.67 Å². The first-order chi connectivity index (χ1) is 8.79. The number of rotatable bonds is 3. The Kier molecular flexibility index (Phi) is 3.50. The van der Waals surface area contributed by atoms with Crippen LogP contribution in [0.3, 0.4) is 0 Å². The van der Waals surface area contributed by atoms with Gasteiger partial charge in [0.15, 0.2) is 0 Å². The van der Waals surface area contributed by atoms with E-state index >= 15 is 0 Å². The van der Waals surface area contributed by atoms with Crippen LogP contribution in [0.2, 0.25) is 0 Å². The van der Waals surface area contributed by atoms with Gasteiger partial charge >= 0.3 is 0 Å². The van der Waals surface area contributed by atoms with Gasteiger partial charge in [-0.15, -0.1) is 0 Å². The normalized spacial score (nSPS) is 15.2. The Bertz CT molecular complexity index is 535. The van der Waals surface area contributed by atoms with Crippen LogP contribution in [-0.2, 0) is 17.7 Å². The molecule has 1 aromatic heterocycles. The van der Waals surface area contributed by atoms with Crippen LogP contribution in [0.25, 0.3) is 0 Å². The van der Waals surface area contributed by atoms with Crippen molar-refractivity contribution in [3.63, 3.8) is 0 Å². The van der Waals surface area contributed by atoms with Gasteiger partial charge in [-0.2, -0.15) is 0 Å². The van der Waals surface area contributed by atoms with Crippen LogP contribution >= 0.6 is 0 Å². The van der Waals surface area contributed by atoms with Crippen molar-refractivity contribution in [1.29, 1.82) is 0 Å². The first-order valence-electron chi connectivity index (χ1n) is 6.64. The molecular formula is C16H23N2O+. The number of hydrogen-bond acceptors (Lipinski definition) is 1. The highest BCUT2D eigenvalue weighted by Gasteiger charge is 2.27. The van der Waals surface area contributed by atoms with E-state index in [9.17, 15) is 5.11 Å². The monoisotopic (exact) mass is 259 g/mol. The summed E-state index contributed by atoms with van der Waals surface area (Å²) in [5.41, 5.74) is 0.130. The summed E-state index contributed by atoms with van der Waals surface area (Å²) in [4.78, 5) is 0. The van der Waals surface area contributed by atoms with Crippen molar-refractivity contribution in [2.75, 3.05) is 0 Å². The summed E-state index contributed by atoms with van der Waals surface area (Å²) in [5, 5.41) is 10.6. The summed E-state index contributed by atoms with van der Waals surface area (Å²) in [5.74, 6) is 0. The van der Waals surface area contributed by atoms with Crippen molar-refractivity contribution in [3.8, 4) is 0 Å². The van der Waals surface area contributed by atoms with Crippen LogP contribution < -0.4 is 4.57 Å².